The van der Waals surface area contributed by atoms with Gasteiger partial charge in [-0.25, -0.2) is 4.79 Å². The maximum atomic E-state index is 13.3. The summed E-state index contributed by atoms with van der Waals surface area (Å²) in [5.41, 5.74) is 6.49. The van der Waals surface area contributed by atoms with E-state index in [1.165, 1.54) is 29.2 Å². The molecule has 3 aromatic rings. The first-order valence-corrected chi connectivity index (χ1v) is 15.5. The van der Waals surface area contributed by atoms with Gasteiger partial charge >= 0.3 is 5.97 Å². The minimum Gasteiger partial charge on any atom is -0.508 e. The lowest BCUT2D eigenvalue weighted by atomic mass is 9.76. The fourth-order valence-corrected chi connectivity index (χ4v) is 6.32. The maximum absolute atomic E-state index is 13.3. The van der Waals surface area contributed by atoms with E-state index in [1.54, 1.807) is 30.3 Å². The molecule has 2 aliphatic heterocycles. The second-order valence-electron chi connectivity index (χ2n) is 11.7. The largest absolute Gasteiger partial charge is 0.508 e. The Kier molecular flexibility index (Phi) is 10.2. The summed E-state index contributed by atoms with van der Waals surface area (Å²) in [6, 6.07) is 14.0. The van der Waals surface area contributed by atoms with E-state index in [0.29, 0.717) is 35.1 Å². The molecule has 256 valence electrons. The van der Waals surface area contributed by atoms with Crippen molar-refractivity contribution in [1.29, 1.82) is 0 Å². The second-order valence-corrected chi connectivity index (χ2v) is 12.1. The van der Waals surface area contributed by atoms with Crippen LogP contribution in [-0.2, 0) is 15.1 Å². The average Bonchev–Trinajstić information content (AvgIpc) is 3.35. The number of carbonyl (C=O) groups excluding carboxylic acids is 2. The van der Waals surface area contributed by atoms with E-state index in [0.717, 1.165) is 0 Å². The van der Waals surface area contributed by atoms with Gasteiger partial charge in [0.25, 0.3) is 0 Å². The van der Waals surface area contributed by atoms with Crippen LogP contribution in [0, 0.1) is 0 Å². The first-order chi connectivity index (χ1) is 22.8. The number of thiocarbonyl (C=S) groups is 1. The smallest absolute Gasteiger partial charge is 0.340 e. The lowest BCUT2D eigenvalue weighted by Crippen LogP contribution is -2.51. The Balaban J connectivity index is 1.38. The van der Waals surface area contributed by atoms with Gasteiger partial charge in [0.2, 0.25) is 0 Å². The monoisotopic (exact) mass is 684 g/mol. The highest BCUT2D eigenvalue weighted by molar-refractivity contribution is 7.80. The summed E-state index contributed by atoms with van der Waals surface area (Å²) >= 11 is 5.41. The van der Waals surface area contributed by atoms with Gasteiger partial charge in [-0.1, -0.05) is 24.6 Å². The Labute approximate surface area is 279 Å². The van der Waals surface area contributed by atoms with Gasteiger partial charge in [-0.05, 0) is 43.3 Å². The number of nitrogens with zero attached hydrogens (tertiary/aromatic N) is 1. The fourth-order valence-electron chi connectivity index (χ4n) is 6.13. The number of aliphatic hydroxyl groups excluding tert-OH is 6. The first-order valence-electron chi connectivity index (χ1n) is 15.1. The number of aliphatic hydroxyl groups is 6. The van der Waals surface area contributed by atoms with Crippen LogP contribution in [0.4, 0.5) is 5.69 Å². The van der Waals surface area contributed by atoms with Crippen LogP contribution < -0.4 is 15.4 Å². The number of unbranched alkanes of at least 4 members (excludes halogenated alkanes) is 2. The number of benzene rings is 3. The highest BCUT2D eigenvalue weighted by Crippen LogP contribution is 2.59. The van der Waals surface area contributed by atoms with Gasteiger partial charge in [-0.3, -0.25) is 4.79 Å². The summed E-state index contributed by atoms with van der Waals surface area (Å²) < 4.78 is 12.3. The lowest BCUT2D eigenvalue weighted by molar-refractivity contribution is -0.155. The number of fused-ring (bicyclic) bond motifs is 6. The predicted octanol–water partition coefficient (Wildman–Crippen LogP) is 0.642. The third-order valence-electron chi connectivity index (χ3n) is 8.55. The van der Waals surface area contributed by atoms with E-state index in [1.807, 2.05) is 0 Å². The van der Waals surface area contributed by atoms with Crippen molar-refractivity contribution in [3.05, 3.63) is 76.9 Å². The van der Waals surface area contributed by atoms with Crippen LogP contribution >= 0.6 is 12.2 Å². The van der Waals surface area contributed by atoms with E-state index in [2.05, 4.69) is 0 Å². The molecule has 0 amide bonds. The van der Waals surface area contributed by atoms with Crippen LogP contribution in [0.5, 0.6) is 23.0 Å². The third-order valence-corrected chi connectivity index (χ3v) is 8.77. The summed E-state index contributed by atoms with van der Waals surface area (Å²) in [4.78, 5) is 27.3. The topological polar surface area (TPSA) is 244 Å². The van der Waals surface area contributed by atoms with Gasteiger partial charge in [-0.2, -0.15) is 0 Å². The average molecular weight is 685 g/mol. The van der Waals surface area contributed by atoms with Gasteiger partial charge in [0, 0.05) is 42.3 Å². The number of hydrogen-bond acceptors (Lipinski definition) is 13. The molecule has 0 aliphatic carbocycles. The molecule has 2 aliphatic rings. The van der Waals surface area contributed by atoms with E-state index < -0.39 is 54.5 Å². The highest BCUT2D eigenvalue weighted by Gasteiger charge is 2.55. The number of phenols is 2. The molecule has 5 rings (SSSR count). The molecule has 0 aromatic heterocycles. The molecule has 0 radical (unpaired) electrons. The van der Waals surface area contributed by atoms with Crippen molar-refractivity contribution in [1.82, 2.24) is 0 Å². The molecule has 0 fully saturated rings. The molecule has 1 spiro atoms. The number of nitrogens with two attached hydrogens (primary N) is 1. The Morgan fingerprint density at radius 2 is 1.58 bits per heavy atom. The number of ketones is 1. The number of phenolic OH excluding ortho intramolecular Hbond substituents is 2. The van der Waals surface area contributed by atoms with Crippen molar-refractivity contribution in [3.8, 4) is 23.0 Å². The molecule has 15 heteroatoms. The van der Waals surface area contributed by atoms with Crippen LogP contribution in [0.1, 0.15) is 52.7 Å². The number of ether oxygens (including phenoxy) is 2. The third kappa shape index (κ3) is 6.28. The summed E-state index contributed by atoms with van der Waals surface area (Å²) in [7, 11) is 0. The minimum atomic E-state index is -2.10. The number of Topliss-reactive ketones (excluding diaryl/α,β-unsaturated/α-hetero) is 1. The van der Waals surface area contributed by atoms with Crippen molar-refractivity contribution < 1.29 is 59.9 Å². The number of aromatic hydroxyl groups is 2. The molecule has 3 aromatic carbocycles. The summed E-state index contributed by atoms with van der Waals surface area (Å²) in [6.45, 7) is -0.739. The lowest BCUT2D eigenvalue weighted by Gasteiger charge is -2.39. The predicted molar refractivity (Wildman–Crippen MR) is 173 cm³/mol. The van der Waals surface area contributed by atoms with Crippen LogP contribution in [0.2, 0.25) is 0 Å². The van der Waals surface area contributed by atoms with Crippen LogP contribution in [0.3, 0.4) is 0 Å². The molecule has 0 bridgehead atoms. The number of esters is 1. The van der Waals surface area contributed by atoms with E-state index >= 15 is 0 Å². The normalized spacial score (nSPS) is 19.2. The number of hydrogen-bond donors (Lipinski definition) is 9. The van der Waals surface area contributed by atoms with E-state index in [9.17, 15) is 45.3 Å². The molecule has 0 saturated heterocycles. The number of rotatable bonds is 13. The molecule has 2 unspecified atom stereocenters. The second kappa shape index (κ2) is 14.0. The van der Waals surface area contributed by atoms with Crippen molar-refractivity contribution in [3.63, 3.8) is 0 Å². The van der Waals surface area contributed by atoms with Gasteiger partial charge < -0.3 is 61.0 Å². The fraction of sp³-hybridized carbons (Fsp3) is 0.364. The summed E-state index contributed by atoms with van der Waals surface area (Å²) in [5.74, 6) is -1.38. The molecule has 48 heavy (non-hydrogen) atoms. The standard InChI is InChI=1S/C33H36N2O12S/c34-32(48)35(11-5-1-2-8-22(39)27(41)29(43)30(44)28(42)23(40)15-36)21-12-17(38)14-25-26(21)33(20-10-9-16(37)13-24(20)46-25)19-7-4-3-6-18(19)31(45)47-33/h3-4,6-7,9-10,12-14,23,27-30,36-38,40-44H,1-2,5,8,11,15H2,(H2,34,48)/t23-,27?,28+,29-,30+,33?/m0/s1. The van der Waals surface area contributed by atoms with Gasteiger partial charge in [0.15, 0.2) is 16.5 Å². The Hall–Kier alpha value is -4.35. The number of anilines is 1. The highest BCUT2D eigenvalue weighted by atomic mass is 32.1. The van der Waals surface area contributed by atoms with Crippen LogP contribution in [0.25, 0.3) is 0 Å². The molecule has 6 atom stereocenters. The van der Waals surface area contributed by atoms with Crippen molar-refractivity contribution in [2.24, 2.45) is 5.73 Å². The minimum absolute atomic E-state index is 0.0840. The first kappa shape index (κ1) is 35.0. The van der Waals surface area contributed by atoms with Crippen molar-refractivity contribution >= 4 is 34.8 Å². The SMILES string of the molecule is NC(=S)N(CCCCCC(=O)C(O)[C@H](O)[C@H](O)[C@H](O)[C@@H](O)CO)c1cc(O)cc2c1C1(OC(=O)c3ccccc31)c1ccc(O)cc1O2. The quantitative estimate of drug-likeness (QED) is 0.0682. The van der Waals surface area contributed by atoms with Gasteiger partial charge in [0.05, 0.1) is 23.4 Å². The summed E-state index contributed by atoms with van der Waals surface area (Å²) in [5, 5.41) is 79.4. The molecular weight excluding hydrogens is 648 g/mol. The zero-order valence-corrected chi connectivity index (χ0v) is 26.3. The van der Waals surface area contributed by atoms with Gasteiger partial charge in [0.1, 0.15) is 53.5 Å². The molecule has 14 nitrogen and oxygen atoms in total. The summed E-state index contributed by atoms with van der Waals surface area (Å²) in [6.07, 6.45) is -9.21. The zero-order valence-electron chi connectivity index (χ0n) is 25.5. The van der Waals surface area contributed by atoms with E-state index in [4.69, 9.17) is 32.5 Å². The van der Waals surface area contributed by atoms with Gasteiger partial charge in [-0.15, -0.1) is 0 Å². The Morgan fingerprint density at radius 3 is 2.29 bits per heavy atom. The van der Waals surface area contributed by atoms with Crippen LogP contribution in [-0.4, -0.2) is 101 Å². The van der Waals surface area contributed by atoms with Crippen molar-refractivity contribution in [2.45, 2.75) is 61.8 Å². The molecule has 10 N–H and O–H groups in total. The zero-order chi connectivity index (χ0) is 34.9. The Bertz CT molecular complexity index is 1720. The van der Waals surface area contributed by atoms with E-state index in [-0.39, 0.29) is 53.2 Å². The van der Waals surface area contributed by atoms with Crippen molar-refractivity contribution in [2.75, 3.05) is 18.1 Å². The molecule has 0 saturated carbocycles. The number of carbonyl (C=O) groups is 2. The van der Waals surface area contributed by atoms with Crippen LogP contribution in [0.15, 0.2) is 54.6 Å². The Morgan fingerprint density at radius 1 is 0.875 bits per heavy atom. The molecule has 2 heterocycles. The maximum Gasteiger partial charge on any atom is 0.340 e. The molecular formula is C33H36N2O12S.